The monoisotopic (exact) mass is 408 g/mol. The molecule has 0 spiro atoms. The summed E-state index contributed by atoms with van der Waals surface area (Å²) >= 11 is 3.07. The van der Waals surface area contributed by atoms with E-state index in [1.165, 1.54) is 17.3 Å². The fraction of sp³-hybridized carbons (Fsp3) is 0.182. The number of anilines is 1. The maximum absolute atomic E-state index is 13.1. The summed E-state index contributed by atoms with van der Waals surface area (Å²) in [7, 11) is 0. The quantitative estimate of drug-likeness (QED) is 0.377. The standard InChI is InChI=1S/C22H20N2O2S2/c1-15-10-11-19-21(16(15)2)23-22(28-19)24(13-17-7-6-12-26-17)20(25)14-27-18-8-4-3-5-9-18/h3-12H,13-14H2,1-2H3. The molecule has 2 aromatic heterocycles. The van der Waals surface area contributed by atoms with E-state index in [4.69, 9.17) is 9.40 Å². The van der Waals surface area contributed by atoms with E-state index in [0.29, 0.717) is 17.4 Å². The van der Waals surface area contributed by atoms with Crippen LogP contribution in [0.3, 0.4) is 0 Å². The highest BCUT2D eigenvalue weighted by Gasteiger charge is 2.22. The first-order valence-electron chi connectivity index (χ1n) is 8.99. The molecule has 1 amide bonds. The van der Waals surface area contributed by atoms with Crippen molar-refractivity contribution in [2.75, 3.05) is 10.7 Å². The van der Waals surface area contributed by atoms with E-state index in [1.54, 1.807) is 22.5 Å². The van der Waals surface area contributed by atoms with Gasteiger partial charge < -0.3 is 4.42 Å². The Hall–Kier alpha value is -2.57. The second-order valence-corrected chi connectivity index (χ2v) is 8.57. The summed E-state index contributed by atoms with van der Waals surface area (Å²) in [6, 6.07) is 17.8. The number of furan rings is 1. The molecular weight excluding hydrogens is 388 g/mol. The highest BCUT2D eigenvalue weighted by atomic mass is 32.2. The Labute approximate surface area is 172 Å². The van der Waals surface area contributed by atoms with Gasteiger partial charge in [0.2, 0.25) is 5.91 Å². The van der Waals surface area contributed by atoms with Crippen molar-refractivity contribution >= 4 is 44.4 Å². The Morgan fingerprint density at radius 3 is 2.68 bits per heavy atom. The number of thiazole rings is 1. The van der Waals surface area contributed by atoms with Crippen molar-refractivity contribution in [2.45, 2.75) is 25.3 Å². The highest BCUT2D eigenvalue weighted by molar-refractivity contribution is 8.00. The van der Waals surface area contributed by atoms with Gasteiger partial charge in [-0.05, 0) is 55.3 Å². The molecule has 4 rings (SSSR count). The van der Waals surface area contributed by atoms with Crippen LogP contribution in [-0.2, 0) is 11.3 Å². The summed E-state index contributed by atoms with van der Waals surface area (Å²) in [4.78, 5) is 20.7. The number of benzene rings is 2. The van der Waals surface area contributed by atoms with Crippen LogP contribution in [0.1, 0.15) is 16.9 Å². The van der Waals surface area contributed by atoms with Gasteiger partial charge >= 0.3 is 0 Å². The van der Waals surface area contributed by atoms with Crippen molar-refractivity contribution in [3.63, 3.8) is 0 Å². The maximum atomic E-state index is 13.1. The normalized spacial score (nSPS) is 11.1. The average Bonchev–Trinajstić information content (AvgIpc) is 3.38. The minimum absolute atomic E-state index is 0.0127. The number of hydrogen-bond acceptors (Lipinski definition) is 5. The van der Waals surface area contributed by atoms with Crippen LogP contribution in [0.4, 0.5) is 5.13 Å². The van der Waals surface area contributed by atoms with E-state index in [2.05, 4.69) is 26.0 Å². The van der Waals surface area contributed by atoms with Crippen molar-refractivity contribution in [1.29, 1.82) is 0 Å². The van der Waals surface area contributed by atoms with Crippen LogP contribution in [0.5, 0.6) is 0 Å². The number of carbonyl (C=O) groups is 1. The highest BCUT2D eigenvalue weighted by Crippen LogP contribution is 2.33. The third kappa shape index (κ3) is 3.98. The first-order valence-corrected chi connectivity index (χ1v) is 10.8. The zero-order valence-electron chi connectivity index (χ0n) is 15.7. The Morgan fingerprint density at radius 1 is 1.11 bits per heavy atom. The van der Waals surface area contributed by atoms with E-state index >= 15 is 0 Å². The molecule has 0 aliphatic carbocycles. The SMILES string of the molecule is Cc1ccc2sc(N(Cc3ccco3)C(=O)CSc3ccccc3)nc2c1C. The second-order valence-electron chi connectivity index (χ2n) is 6.51. The smallest absolute Gasteiger partial charge is 0.239 e. The van der Waals surface area contributed by atoms with Crippen molar-refractivity contribution < 1.29 is 9.21 Å². The van der Waals surface area contributed by atoms with Gasteiger partial charge in [-0.3, -0.25) is 9.69 Å². The largest absolute Gasteiger partial charge is 0.467 e. The zero-order valence-corrected chi connectivity index (χ0v) is 17.3. The summed E-state index contributed by atoms with van der Waals surface area (Å²) < 4.78 is 6.58. The Balaban J connectivity index is 1.63. The molecule has 4 nitrogen and oxygen atoms in total. The van der Waals surface area contributed by atoms with E-state index in [0.717, 1.165) is 26.4 Å². The molecule has 0 radical (unpaired) electrons. The van der Waals surface area contributed by atoms with Crippen LogP contribution in [0.25, 0.3) is 10.2 Å². The summed E-state index contributed by atoms with van der Waals surface area (Å²) in [5, 5.41) is 0.707. The van der Waals surface area contributed by atoms with Crippen LogP contribution in [0.2, 0.25) is 0 Å². The third-order valence-electron chi connectivity index (χ3n) is 4.61. The van der Waals surface area contributed by atoms with Crippen LogP contribution in [-0.4, -0.2) is 16.6 Å². The van der Waals surface area contributed by atoms with Gasteiger partial charge in [-0.15, -0.1) is 11.8 Å². The number of fused-ring (bicyclic) bond motifs is 1. The number of thioether (sulfide) groups is 1. The lowest BCUT2D eigenvalue weighted by molar-refractivity contribution is -0.116. The van der Waals surface area contributed by atoms with Crippen LogP contribution in [0.15, 0.2) is 70.2 Å². The number of carbonyl (C=O) groups excluding carboxylic acids is 1. The lowest BCUT2D eigenvalue weighted by Crippen LogP contribution is -2.31. The molecule has 0 atom stereocenters. The lowest BCUT2D eigenvalue weighted by Gasteiger charge is -2.18. The van der Waals surface area contributed by atoms with Gasteiger partial charge in [0, 0.05) is 4.90 Å². The molecule has 6 heteroatoms. The molecular formula is C22H20N2O2S2. The Morgan fingerprint density at radius 2 is 1.93 bits per heavy atom. The van der Waals surface area contributed by atoms with Gasteiger partial charge in [-0.25, -0.2) is 4.98 Å². The van der Waals surface area contributed by atoms with Gasteiger partial charge in [0.15, 0.2) is 5.13 Å². The van der Waals surface area contributed by atoms with Crippen molar-refractivity contribution in [2.24, 2.45) is 0 Å². The number of aryl methyl sites for hydroxylation is 2. The fourth-order valence-corrected chi connectivity index (χ4v) is 4.73. The minimum atomic E-state index is 0.0127. The fourth-order valence-electron chi connectivity index (χ4n) is 2.89. The third-order valence-corrected chi connectivity index (χ3v) is 6.65. The Kier molecular flexibility index (Phi) is 5.50. The van der Waals surface area contributed by atoms with Gasteiger partial charge in [0.1, 0.15) is 5.76 Å². The lowest BCUT2D eigenvalue weighted by atomic mass is 10.1. The van der Waals surface area contributed by atoms with E-state index < -0.39 is 0 Å². The van der Waals surface area contributed by atoms with E-state index in [1.807, 2.05) is 42.5 Å². The molecule has 0 aliphatic heterocycles. The van der Waals surface area contributed by atoms with Crippen LogP contribution >= 0.6 is 23.1 Å². The molecule has 0 N–H and O–H groups in total. The first-order chi connectivity index (χ1) is 13.6. The van der Waals surface area contributed by atoms with E-state index in [-0.39, 0.29) is 5.91 Å². The predicted octanol–water partition coefficient (Wildman–Crippen LogP) is 5.83. The number of hydrogen-bond donors (Lipinski definition) is 0. The summed E-state index contributed by atoms with van der Waals surface area (Å²) in [6.07, 6.45) is 1.63. The minimum Gasteiger partial charge on any atom is -0.467 e. The van der Waals surface area contributed by atoms with Gasteiger partial charge in [-0.2, -0.15) is 0 Å². The van der Waals surface area contributed by atoms with Gasteiger partial charge in [0.25, 0.3) is 0 Å². The molecule has 28 heavy (non-hydrogen) atoms. The molecule has 4 aromatic rings. The Bertz CT molecular complexity index is 1090. The van der Waals surface area contributed by atoms with Crippen molar-refractivity contribution in [1.82, 2.24) is 4.98 Å². The molecule has 0 saturated heterocycles. The van der Waals surface area contributed by atoms with Crippen molar-refractivity contribution in [3.8, 4) is 0 Å². The van der Waals surface area contributed by atoms with Gasteiger partial charge in [0.05, 0.1) is 28.8 Å². The zero-order chi connectivity index (χ0) is 19.5. The molecule has 142 valence electrons. The predicted molar refractivity (Wildman–Crippen MR) is 116 cm³/mol. The molecule has 0 unspecified atom stereocenters. The van der Waals surface area contributed by atoms with Crippen LogP contribution in [0, 0.1) is 13.8 Å². The molecule has 2 aromatic carbocycles. The maximum Gasteiger partial charge on any atom is 0.239 e. The van der Waals surface area contributed by atoms with Crippen molar-refractivity contribution in [3.05, 3.63) is 77.7 Å². The number of nitrogens with zero attached hydrogens (tertiary/aromatic N) is 2. The second kappa shape index (κ2) is 8.20. The summed E-state index contributed by atoms with van der Waals surface area (Å²) in [5.74, 6) is 1.10. The summed E-state index contributed by atoms with van der Waals surface area (Å²) in [6.45, 7) is 4.53. The first kappa shape index (κ1) is 18.8. The molecule has 0 saturated carbocycles. The van der Waals surface area contributed by atoms with Crippen LogP contribution < -0.4 is 4.90 Å². The number of amides is 1. The molecule has 0 bridgehead atoms. The molecule has 0 aliphatic rings. The number of rotatable bonds is 6. The molecule has 0 fully saturated rings. The number of aromatic nitrogens is 1. The summed E-state index contributed by atoms with van der Waals surface area (Å²) in [5.41, 5.74) is 3.32. The topological polar surface area (TPSA) is 46.3 Å². The average molecular weight is 409 g/mol. The van der Waals surface area contributed by atoms with E-state index in [9.17, 15) is 4.79 Å². The van der Waals surface area contributed by atoms with Gasteiger partial charge in [-0.1, -0.05) is 35.6 Å². The molecule has 2 heterocycles.